The highest BCUT2D eigenvalue weighted by Gasteiger charge is 2.21. The van der Waals surface area contributed by atoms with Crippen LogP contribution in [0, 0.1) is 0 Å². The number of hydrogen-bond acceptors (Lipinski definition) is 6. The van der Waals surface area contributed by atoms with Gasteiger partial charge in [0, 0.05) is 6.42 Å². The fraction of sp³-hybridized carbons (Fsp3) is 0.871. The maximum absolute atomic E-state index is 12.5. The Morgan fingerprint density at radius 2 is 1.15 bits per heavy atom. The second-order valence-corrected chi connectivity index (χ2v) is 10.9. The summed E-state index contributed by atoms with van der Waals surface area (Å²) in [6, 6.07) is -1.43. The summed E-state index contributed by atoms with van der Waals surface area (Å²) in [6.45, 7) is 3.26. The van der Waals surface area contributed by atoms with Crippen LogP contribution in [-0.2, 0) is 23.9 Å². The molecule has 0 rings (SSSR count). The first-order chi connectivity index (χ1) is 19.3. The molecule has 0 aromatic carbocycles. The minimum absolute atomic E-state index is 0.0455. The number of hydrogen-bond donors (Lipinski definition) is 4. The monoisotopic (exact) mass is 570 g/mol. The van der Waals surface area contributed by atoms with E-state index in [2.05, 4.69) is 24.5 Å². The Bertz CT molecular complexity index is 672. The zero-order valence-electron chi connectivity index (χ0n) is 25.4. The number of carboxylic acids is 1. The second kappa shape index (κ2) is 27.0. The van der Waals surface area contributed by atoms with Crippen molar-refractivity contribution in [3.8, 4) is 0 Å². The first-order valence-electron chi connectivity index (χ1n) is 15.9. The molecule has 0 spiro atoms. The molecule has 0 saturated carbocycles. The van der Waals surface area contributed by atoms with Crippen molar-refractivity contribution in [1.82, 2.24) is 10.6 Å². The zero-order valence-corrected chi connectivity index (χ0v) is 25.4. The third-order valence-corrected chi connectivity index (χ3v) is 7.09. The lowest BCUT2D eigenvalue weighted by Crippen LogP contribution is -2.47. The number of amides is 2. The average Bonchev–Trinajstić information content (AvgIpc) is 2.92. The molecule has 0 aliphatic heterocycles. The number of esters is 1. The van der Waals surface area contributed by atoms with Gasteiger partial charge in [0.05, 0.1) is 19.6 Å². The van der Waals surface area contributed by atoms with Crippen molar-refractivity contribution < 1.29 is 34.1 Å². The van der Waals surface area contributed by atoms with Crippen LogP contribution in [-0.4, -0.2) is 59.3 Å². The predicted octanol–water partition coefficient (Wildman–Crippen LogP) is 5.81. The molecule has 1 unspecified atom stereocenters. The Labute approximate surface area is 242 Å². The molecule has 0 aliphatic rings. The van der Waals surface area contributed by atoms with Crippen molar-refractivity contribution >= 4 is 23.8 Å². The topological polar surface area (TPSA) is 142 Å². The summed E-state index contributed by atoms with van der Waals surface area (Å²) in [5.41, 5.74) is 0. The Morgan fingerprint density at radius 1 is 0.675 bits per heavy atom. The maximum atomic E-state index is 12.5. The van der Waals surface area contributed by atoms with Crippen LogP contribution in [0.4, 0.5) is 0 Å². The molecule has 2 atom stereocenters. The number of carboxylic acid groups (broad SMARTS) is 1. The van der Waals surface area contributed by atoms with Crippen LogP contribution in [0.5, 0.6) is 0 Å². The molecule has 0 saturated heterocycles. The van der Waals surface area contributed by atoms with E-state index in [0.717, 1.165) is 38.5 Å². The van der Waals surface area contributed by atoms with Crippen LogP contribution in [0.25, 0.3) is 0 Å². The number of nitrogens with one attached hydrogen (secondary N) is 2. The molecule has 4 N–H and O–H groups in total. The summed E-state index contributed by atoms with van der Waals surface area (Å²) in [4.78, 5) is 47.8. The van der Waals surface area contributed by atoms with Gasteiger partial charge >= 0.3 is 11.9 Å². The van der Waals surface area contributed by atoms with Gasteiger partial charge in [-0.2, -0.15) is 0 Å². The summed E-state index contributed by atoms with van der Waals surface area (Å²) in [5.74, 6) is -2.81. The van der Waals surface area contributed by atoms with E-state index in [1.54, 1.807) is 0 Å². The number of ether oxygens (including phenoxy) is 1. The van der Waals surface area contributed by atoms with Gasteiger partial charge in [-0.25, -0.2) is 4.79 Å². The molecule has 40 heavy (non-hydrogen) atoms. The van der Waals surface area contributed by atoms with E-state index in [-0.39, 0.29) is 12.4 Å². The third-order valence-electron chi connectivity index (χ3n) is 7.09. The van der Waals surface area contributed by atoms with E-state index >= 15 is 0 Å². The largest absolute Gasteiger partial charge is 0.480 e. The summed E-state index contributed by atoms with van der Waals surface area (Å²) >= 11 is 0. The molecule has 234 valence electrons. The molecular formula is C31H58N2O7. The quantitative estimate of drug-likeness (QED) is 0.0687. The smallest absolute Gasteiger partial charge is 0.328 e. The van der Waals surface area contributed by atoms with Crippen LogP contribution in [0.15, 0.2) is 0 Å². The lowest BCUT2D eigenvalue weighted by atomic mass is 10.0. The molecule has 0 aliphatic carbocycles. The number of aliphatic carboxylic acids is 1. The zero-order chi connectivity index (χ0) is 29.8. The normalized spacial score (nSPS) is 12.5. The molecule has 0 aromatic rings. The number of carbonyl (C=O) groups is 4. The molecule has 9 nitrogen and oxygen atoms in total. The minimum Gasteiger partial charge on any atom is -0.480 e. The minimum atomic E-state index is -1.43. The van der Waals surface area contributed by atoms with Crippen LogP contribution in [0.3, 0.4) is 0 Å². The summed E-state index contributed by atoms with van der Waals surface area (Å²) in [7, 11) is 0. The van der Waals surface area contributed by atoms with Gasteiger partial charge in [0.25, 0.3) is 0 Å². The van der Waals surface area contributed by atoms with Gasteiger partial charge in [0.2, 0.25) is 11.8 Å². The maximum Gasteiger partial charge on any atom is 0.328 e. The molecule has 9 heteroatoms. The highest BCUT2D eigenvalue weighted by molar-refractivity contribution is 5.88. The molecule has 0 bridgehead atoms. The summed E-state index contributed by atoms with van der Waals surface area (Å²) < 4.78 is 5.67. The van der Waals surface area contributed by atoms with E-state index in [1.807, 2.05) is 0 Å². The predicted molar refractivity (Wildman–Crippen MR) is 158 cm³/mol. The van der Waals surface area contributed by atoms with Crippen LogP contribution < -0.4 is 10.6 Å². The Balaban J connectivity index is 4.48. The Kier molecular flexibility index (Phi) is 25.6. The third kappa shape index (κ3) is 23.7. The van der Waals surface area contributed by atoms with E-state index in [9.17, 15) is 19.2 Å². The van der Waals surface area contributed by atoms with Gasteiger partial charge < -0.3 is 25.6 Å². The van der Waals surface area contributed by atoms with E-state index in [1.165, 1.54) is 77.0 Å². The Hall–Kier alpha value is -2.16. The van der Waals surface area contributed by atoms with Crippen LogP contribution in [0.1, 0.15) is 149 Å². The van der Waals surface area contributed by atoms with Crippen molar-refractivity contribution in [3.63, 3.8) is 0 Å². The van der Waals surface area contributed by atoms with Gasteiger partial charge in [0.15, 0.2) is 0 Å². The van der Waals surface area contributed by atoms with Crippen molar-refractivity contribution in [2.45, 2.75) is 161 Å². The molecule has 2 amide bonds. The number of carbonyl (C=O) groups excluding carboxylic acids is 3. The van der Waals surface area contributed by atoms with Gasteiger partial charge in [-0.3, -0.25) is 14.4 Å². The van der Waals surface area contributed by atoms with Crippen molar-refractivity contribution in [1.29, 1.82) is 0 Å². The molecule has 0 heterocycles. The fourth-order valence-corrected chi connectivity index (χ4v) is 4.60. The number of unbranched alkanes of at least 4 members (excludes halogenated alkanes) is 16. The highest BCUT2D eigenvalue weighted by Crippen LogP contribution is 2.16. The van der Waals surface area contributed by atoms with Gasteiger partial charge in [-0.1, -0.05) is 117 Å². The number of rotatable bonds is 28. The average molecular weight is 571 g/mol. The summed E-state index contributed by atoms with van der Waals surface area (Å²) in [6.07, 6.45) is 21.3. The van der Waals surface area contributed by atoms with Crippen LogP contribution >= 0.6 is 0 Å². The number of aliphatic hydroxyl groups excluding tert-OH is 1. The summed E-state index contributed by atoms with van der Waals surface area (Å²) in [5, 5.41) is 22.5. The first-order valence-corrected chi connectivity index (χ1v) is 15.9. The fourth-order valence-electron chi connectivity index (χ4n) is 4.60. The van der Waals surface area contributed by atoms with E-state index in [4.69, 9.17) is 14.9 Å². The van der Waals surface area contributed by atoms with E-state index in [0.29, 0.717) is 12.8 Å². The highest BCUT2D eigenvalue weighted by atomic mass is 16.5. The van der Waals surface area contributed by atoms with Gasteiger partial charge in [-0.15, -0.1) is 0 Å². The second-order valence-electron chi connectivity index (χ2n) is 10.9. The molecule has 0 radical (unpaired) electrons. The SMILES string of the molecule is CCCCCCCCCCCC(=O)OC(CCCCCCCCCCC)CC(=O)NCC(=O)N[C@@H](CO)C(=O)O. The molecule has 0 fully saturated rings. The Morgan fingerprint density at radius 3 is 1.62 bits per heavy atom. The molecule has 0 aromatic heterocycles. The van der Waals surface area contributed by atoms with E-state index < -0.39 is 43.1 Å². The van der Waals surface area contributed by atoms with Crippen molar-refractivity contribution in [2.24, 2.45) is 0 Å². The lowest BCUT2D eigenvalue weighted by molar-refractivity contribution is -0.151. The van der Waals surface area contributed by atoms with Gasteiger partial charge in [-0.05, 0) is 19.3 Å². The standard InChI is InChI=1S/C31H58N2O7/c1-3-5-7-9-11-13-15-17-19-21-26(23-28(35)32-24-29(36)33-27(25-34)31(38)39)40-30(37)22-20-18-16-14-12-10-8-6-4-2/h26-27,34H,3-25H2,1-2H3,(H,32,35)(H,33,36)(H,38,39)/t26?,27-/m0/s1. The van der Waals surface area contributed by atoms with Crippen LogP contribution in [0.2, 0.25) is 0 Å². The first kappa shape index (κ1) is 37.8. The van der Waals surface area contributed by atoms with Crippen molar-refractivity contribution in [3.05, 3.63) is 0 Å². The lowest BCUT2D eigenvalue weighted by Gasteiger charge is -2.18. The van der Waals surface area contributed by atoms with Gasteiger partial charge in [0.1, 0.15) is 12.1 Å². The molecular weight excluding hydrogens is 512 g/mol. The number of aliphatic hydroxyl groups is 1. The van der Waals surface area contributed by atoms with Crippen molar-refractivity contribution in [2.75, 3.05) is 13.2 Å².